The van der Waals surface area contributed by atoms with Crippen LogP contribution in [0.15, 0.2) is 48.6 Å². The van der Waals surface area contributed by atoms with E-state index in [-0.39, 0.29) is 31.1 Å². The summed E-state index contributed by atoms with van der Waals surface area (Å²) in [7, 11) is 0. The zero-order valence-corrected chi connectivity index (χ0v) is 17.5. The Kier molecular flexibility index (Phi) is 9.74. The molecule has 0 radical (unpaired) electrons. The fourth-order valence-corrected chi connectivity index (χ4v) is 3.70. The summed E-state index contributed by atoms with van der Waals surface area (Å²) in [6.07, 6.45) is 1.48. The highest BCUT2D eigenvalue weighted by Crippen LogP contribution is 2.36. The number of halogens is 3. The molecule has 9 heteroatoms. The number of carboxylic acids is 1. The maximum Gasteiger partial charge on any atom is 0.416 e. The van der Waals surface area contributed by atoms with E-state index in [1.165, 1.54) is 18.2 Å². The molecule has 2 rings (SSSR count). The van der Waals surface area contributed by atoms with Crippen LogP contribution in [0.2, 0.25) is 0 Å². The molecular weight excluding hydrogens is 429 g/mol. The Morgan fingerprint density at radius 3 is 2.66 bits per heavy atom. The first-order chi connectivity index (χ1) is 15.1. The molecule has 1 aliphatic carbocycles. The average molecular weight is 458 g/mol. The second-order valence-electron chi connectivity index (χ2n) is 7.89. The van der Waals surface area contributed by atoms with Gasteiger partial charge < -0.3 is 25.2 Å². The summed E-state index contributed by atoms with van der Waals surface area (Å²) in [5.74, 6) is -1.55. The molecule has 0 aliphatic heterocycles. The molecule has 0 bridgehead atoms. The molecule has 0 aromatic heterocycles. The highest BCUT2D eigenvalue weighted by Gasteiger charge is 2.39. The highest BCUT2D eigenvalue weighted by atomic mass is 19.4. The number of aliphatic hydroxyl groups is 3. The Hall–Kier alpha value is -2.36. The Labute approximate surface area is 184 Å². The molecule has 4 N–H and O–H groups in total. The van der Waals surface area contributed by atoms with Crippen LogP contribution in [0, 0.1) is 11.8 Å². The third kappa shape index (κ3) is 8.29. The van der Waals surface area contributed by atoms with Gasteiger partial charge in [0.25, 0.3) is 0 Å². The molecule has 0 saturated heterocycles. The maximum atomic E-state index is 12.8. The van der Waals surface area contributed by atoms with Crippen molar-refractivity contribution in [1.29, 1.82) is 0 Å². The van der Waals surface area contributed by atoms with Gasteiger partial charge in [-0.2, -0.15) is 13.2 Å². The number of carboxylic acid groups (broad SMARTS) is 1. The third-order valence-corrected chi connectivity index (χ3v) is 5.39. The van der Waals surface area contributed by atoms with Crippen LogP contribution in [0.4, 0.5) is 13.2 Å². The van der Waals surface area contributed by atoms with Crippen LogP contribution >= 0.6 is 0 Å². The molecule has 178 valence electrons. The number of benzene rings is 1. The number of hydrogen-bond acceptors (Lipinski definition) is 5. The lowest BCUT2D eigenvalue weighted by atomic mass is 9.89. The van der Waals surface area contributed by atoms with Gasteiger partial charge in [-0.25, -0.2) is 0 Å². The fraction of sp³-hybridized carbons (Fsp3) is 0.522. The summed E-state index contributed by atoms with van der Waals surface area (Å²) in [5, 5.41) is 39.2. The quantitative estimate of drug-likeness (QED) is 0.298. The van der Waals surface area contributed by atoms with Crippen LogP contribution in [-0.4, -0.2) is 51.3 Å². The van der Waals surface area contributed by atoms with Crippen LogP contribution in [-0.2, 0) is 11.0 Å². The summed E-state index contributed by atoms with van der Waals surface area (Å²) in [6, 6.07) is 4.36. The van der Waals surface area contributed by atoms with Crippen molar-refractivity contribution >= 4 is 5.97 Å². The van der Waals surface area contributed by atoms with E-state index >= 15 is 0 Å². The number of carbonyl (C=O) groups is 1. The minimum Gasteiger partial charge on any atom is -0.491 e. The van der Waals surface area contributed by atoms with Crippen molar-refractivity contribution in [2.24, 2.45) is 11.8 Å². The molecule has 6 nitrogen and oxygen atoms in total. The van der Waals surface area contributed by atoms with E-state index < -0.39 is 41.9 Å². The predicted molar refractivity (Wildman–Crippen MR) is 111 cm³/mol. The Morgan fingerprint density at radius 1 is 1.22 bits per heavy atom. The van der Waals surface area contributed by atoms with Crippen molar-refractivity contribution in [1.82, 2.24) is 0 Å². The fourth-order valence-electron chi connectivity index (χ4n) is 3.70. The van der Waals surface area contributed by atoms with Gasteiger partial charge >= 0.3 is 12.1 Å². The maximum absolute atomic E-state index is 12.8. The molecule has 1 aliphatic rings. The molecule has 1 saturated carbocycles. The number of rotatable bonds is 11. The largest absolute Gasteiger partial charge is 0.491 e. The molecule has 0 unspecified atom stereocenters. The Balaban J connectivity index is 1.87. The molecule has 0 amide bonds. The predicted octanol–water partition coefficient (Wildman–Crippen LogP) is 3.56. The van der Waals surface area contributed by atoms with Crippen LogP contribution < -0.4 is 4.74 Å². The zero-order valence-electron chi connectivity index (χ0n) is 17.5. The van der Waals surface area contributed by atoms with E-state index in [9.17, 15) is 33.3 Å². The smallest absolute Gasteiger partial charge is 0.416 e. The van der Waals surface area contributed by atoms with Gasteiger partial charge in [-0.3, -0.25) is 4.79 Å². The van der Waals surface area contributed by atoms with Crippen molar-refractivity contribution in [3.8, 4) is 5.75 Å². The number of hydrogen-bond donors (Lipinski definition) is 4. The van der Waals surface area contributed by atoms with Crippen molar-refractivity contribution in [3.63, 3.8) is 0 Å². The molecule has 1 fully saturated rings. The number of aliphatic hydroxyl groups excluding tert-OH is 3. The normalized spacial score (nSPS) is 24.9. The van der Waals surface area contributed by atoms with Gasteiger partial charge in [-0.1, -0.05) is 30.4 Å². The lowest BCUT2D eigenvalue weighted by Crippen LogP contribution is -2.21. The van der Waals surface area contributed by atoms with Crippen molar-refractivity contribution in [3.05, 3.63) is 54.1 Å². The van der Waals surface area contributed by atoms with Gasteiger partial charge in [-0.05, 0) is 43.4 Å². The second-order valence-corrected chi connectivity index (χ2v) is 7.89. The van der Waals surface area contributed by atoms with Gasteiger partial charge in [0.05, 0.1) is 17.8 Å². The van der Waals surface area contributed by atoms with Crippen molar-refractivity contribution < 1.29 is 43.1 Å². The van der Waals surface area contributed by atoms with Crippen molar-refractivity contribution in [2.75, 3.05) is 6.61 Å². The van der Waals surface area contributed by atoms with Crippen molar-refractivity contribution in [2.45, 2.75) is 56.6 Å². The topological polar surface area (TPSA) is 107 Å². The summed E-state index contributed by atoms with van der Waals surface area (Å²) in [4.78, 5) is 10.5. The molecule has 0 heterocycles. The van der Waals surface area contributed by atoms with E-state index in [0.29, 0.717) is 19.3 Å². The SMILES string of the molecule is O=C(O)CCC/C=C/C[C@H]1[C@@H](/C=C/[C@@H](O)COc2cccc(C(F)(F)F)c2)[C@@H](O)C[C@H]1O. The Morgan fingerprint density at radius 2 is 1.97 bits per heavy atom. The summed E-state index contributed by atoms with van der Waals surface area (Å²) >= 11 is 0. The van der Waals surface area contributed by atoms with Gasteiger partial charge in [0.15, 0.2) is 0 Å². The number of unbranched alkanes of at least 4 members (excludes halogenated alkanes) is 1. The van der Waals surface area contributed by atoms with Gasteiger partial charge in [-0.15, -0.1) is 0 Å². The minimum absolute atomic E-state index is 0.0190. The first-order valence-electron chi connectivity index (χ1n) is 10.5. The highest BCUT2D eigenvalue weighted by molar-refractivity contribution is 5.66. The van der Waals surface area contributed by atoms with E-state index in [0.717, 1.165) is 12.1 Å². The monoisotopic (exact) mass is 458 g/mol. The van der Waals surface area contributed by atoms with Gasteiger partial charge in [0.2, 0.25) is 0 Å². The zero-order chi connectivity index (χ0) is 23.7. The number of aliphatic carboxylic acids is 1. The summed E-state index contributed by atoms with van der Waals surface area (Å²) in [6.45, 7) is -0.267. The van der Waals surface area contributed by atoms with Crippen LogP contribution in [0.3, 0.4) is 0 Å². The lowest BCUT2D eigenvalue weighted by molar-refractivity contribution is -0.138. The first-order valence-corrected chi connectivity index (χ1v) is 10.5. The Bertz CT molecular complexity index is 792. The number of allylic oxidation sites excluding steroid dienone is 2. The van der Waals surface area contributed by atoms with Crippen LogP contribution in [0.1, 0.15) is 37.7 Å². The van der Waals surface area contributed by atoms with E-state index in [4.69, 9.17) is 9.84 Å². The van der Waals surface area contributed by atoms with Gasteiger partial charge in [0, 0.05) is 18.8 Å². The average Bonchev–Trinajstić information content (AvgIpc) is 2.99. The van der Waals surface area contributed by atoms with E-state index in [1.807, 2.05) is 12.2 Å². The third-order valence-electron chi connectivity index (χ3n) is 5.39. The standard InChI is InChI=1S/C23H29F3O6/c24-23(25,26)15-6-5-7-17(12-15)32-14-16(27)10-11-19-18(20(28)13-21(19)29)8-3-1-2-4-9-22(30)31/h1,3,5-7,10-12,16,18-21,27-29H,2,4,8-9,13-14H2,(H,30,31)/b3-1+,11-10+/t16-,18+,19-,20-,21+/m1/s1. The van der Waals surface area contributed by atoms with E-state index in [1.54, 1.807) is 6.08 Å². The second kappa shape index (κ2) is 12.0. The van der Waals surface area contributed by atoms with E-state index in [2.05, 4.69) is 0 Å². The molecule has 5 atom stereocenters. The molecule has 32 heavy (non-hydrogen) atoms. The molecular formula is C23H29F3O6. The van der Waals surface area contributed by atoms with Crippen LogP contribution in [0.5, 0.6) is 5.75 Å². The molecule has 0 spiro atoms. The minimum atomic E-state index is -4.49. The summed E-state index contributed by atoms with van der Waals surface area (Å²) < 4.78 is 43.5. The van der Waals surface area contributed by atoms with Gasteiger partial charge in [0.1, 0.15) is 18.5 Å². The first kappa shape index (κ1) is 25.9. The molecule has 1 aromatic rings. The van der Waals surface area contributed by atoms with Crippen LogP contribution in [0.25, 0.3) is 0 Å². The summed E-state index contributed by atoms with van der Waals surface area (Å²) in [5.41, 5.74) is -0.845. The number of alkyl halides is 3. The lowest BCUT2D eigenvalue weighted by Gasteiger charge is -2.19. The number of ether oxygens (including phenoxy) is 1. The molecule has 1 aromatic carbocycles.